The smallest absolute Gasteiger partial charge is 0.273 e. The summed E-state index contributed by atoms with van der Waals surface area (Å²) in [5, 5.41) is 11.1. The Hall–Kier alpha value is -2.89. The summed E-state index contributed by atoms with van der Waals surface area (Å²) in [7, 11) is 0. The Bertz CT molecular complexity index is 898. The first-order chi connectivity index (χ1) is 13.1. The molecule has 0 saturated heterocycles. The van der Waals surface area contributed by atoms with Crippen LogP contribution in [-0.2, 0) is 16.8 Å². The van der Waals surface area contributed by atoms with E-state index in [2.05, 4.69) is 32.9 Å². The monoisotopic (exact) mass is 382 g/mol. The Morgan fingerprint density at radius 1 is 1.14 bits per heavy atom. The highest BCUT2D eigenvalue weighted by molar-refractivity contribution is 6.00. The maximum atomic E-state index is 13.0. The molecule has 0 aliphatic carbocycles. The molecule has 0 radical (unpaired) electrons. The van der Waals surface area contributed by atoms with Crippen molar-refractivity contribution in [1.82, 2.24) is 0 Å². The Labute approximate surface area is 165 Å². The first-order valence-electron chi connectivity index (χ1n) is 9.44. The lowest BCUT2D eigenvalue weighted by molar-refractivity contribution is -0.384. The summed E-state index contributed by atoms with van der Waals surface area (Å²) in [6, 6.07) is 12.6. The summed E-state index contributed by atoms with van der Waals surface area (Å²) in [6.45, 7) is 10.7. The number of anilines is 1. The van der Waals surface area contributed by atoms with Gasteiger partial charge in [0.2, 0.25) is 0 Å². The molecule has 0 bridgehead atoms. The molecule has 0 saturated carbocycles. The van der Waals surface area contributed by atoms with Crippen molar-refractivity contribution >= 4 is 17.3 Å². The standard InChI is InChI=1S/C22H26N2O4/c1-14(2)20-21(25)23(13-15-6-8-16(9-7-15)22(3,4)5)18-11-10-17(24(26)27)12-19(18)28-20/h6-12,14,20H,13H2,1-5H3. The highest BCUT2D eigenvalue weighted by Crippen LogP contribution is 2.39. The van der Waals surface area contributed by atoms with Gasteiger partial charge in [-0.3, -0.25) is 14.9 Å². The number of fused-ring (bicyclic) bond motifs is 1. The second kappa shape index (κ2) is 7.26. The molecule has 1 atom stereocenters. The number of non-ortho nitro benzene ring substituents is 1. The molecule has 148 valence electrons. The number of nitro benzene ring substituents is 1. The van der Waals surface area contributed by atoms with Gasteiger partial charge in [-0.2, -0.15) is 0 Å². The fraction of sp³-hybridized carbons (Fsp3) is 0.409. The van der Waals surface area contributed by atoms with Crippen molar-refractivity contribution in [3.63, 3.8) is 0 Å². The van der Waals surface area contributed by atoms with Gasteiger partial charge in [-0.15, -0.1) is 0 Å². The summed E-state index contributed by atoms with van der Waals surface area (Å²) in [4.78, 5) is 25.4. The van der Waals surface area contributed by atoms with Crippen molar-refractivity contribution in [3.8, 4) is 5.75 Å². The van der Waals surface area contributed by atoms with Gasteiger partial charge in [-0.25, -0.2) is 0 Å². The first-order valence-corrected chi connectivity index (χ1v) is 9.44. The molecule has 1 heterocycles. The predicted molar refractivity (Wildman–Crippen MR) is 109 cm³/mol. The fourth-order valence-corrected chi connectivity index (χ4v) is 3.27. The van der Waals surface area contributed by atoms with Gasteiger partial charge in [0, 0.05) is 6.07 Å². The third kappa shape index (κ3) is 3.86. The maximum absolute atomic E-state index is 13.0. The van der Waals surface area contributed by atoms with Crippen LogP contribution in [0.1, 0.15) is 45.7 Å². The predicted octanol–water partition coefficient (Wildman–Crippen LogP) is 4.84. The molecule has 1 unspecified atom stereocenters. The van der Waals surface area contributed by atoms with E-state index in [-0.39, 0.29) is 22.9 Å². The number of benzene rings is 2. The molecule has 0 fully saturated rings. The summed E-state index contributed by atoms with van der Waals surface area (Å²) in [6.07, 6.45) is -0.664. The molecule has 28 heavy (non-hydrogen) atoms. The zero-order valence-electron chi connectivity index (χ0n) is 16.9. The molecule has 2 aromatic carbocycles. The van der Waals surface area contributed by atoms with Crippen LogP contribution >= 0.6 is 0 Å². The van der Waals surface area contributed by atoms with Gasteiger partial charge in [0.1, 0.15) is 0 Å². The van der Waals surface area contributed by atoms with Gasteiger partial charge in [0.25, 0.3) is 11.6 Å². The number of rotatable bonds is 4. The zero-order chi connectivity index (χ0) is 20.6. The highest BCUT2D eigenvalue weighted by Gasteiger charge is 2.37. The van der Waals surface area contributed by atoms with Crippen LogP contribution in [0.4, 0.5) is 11.4 Å². The second-order valence-corrected chi connectivity index (χ2v) is 8.56. The first kappa shape index (κ1) is 19.9. The quantitative estimate of drug-likeness (QED) is 0.560. The Morgan fingerprint density at radius 2 is 1.79 bits per heavy atom. The van der Waals surface area contributed by atoms with Gasteiger partial charge in [0.05, 0.1) is 23.2 Å². The van der Waals surface area contributed by atoms with E-state index in [0.717, 1.165) is 5.56 Å². The zero-order valence-corrected chi connectivity index (χ0v) is 16.9. The van der Waals surface area contributed by atoms with E-state index in [4.69, 9.17) is 4.74 Å². The van der Waals surface area contributed by atoms with Gasteiger partial charge in [-0.1, -0.05) is 58.9 Å². The SMILES string of the molecule is CC(C)C1Oc2cc([N+](=O)[O-])ccc2N(Cc2ccc(C(C)(C)C)cc2)C1=O. The molecule has 0 aromatic heterocycles. The normalized spacial score (nSPS) is 16.7. The molecule has 3 rings (SSSR count). The minimum absolute atomic E-state index is 0.0503. The number of carbonyl (C=O) groups excluding carboxylic acids is 1. The van der Waals surface area contributed by atoms with Gasteiger partial charge in [-0.05, 0) is 28.5 Å². The van der Waals surface area contributed by atoms with E-state index >= 15 is 0 Å². The molecular formula is C22H26N2O4. The summed E-state index contributed by atoms with van der Waals surface area (Å²) in [5.74, 6) is 0.195. The van der Waals surface area contributed by atoms with Crippen molar-refractivity contribution in [2.75, 3.05) is 4.90 Å². The van der Waals surface area contributed by atoms with Crippen LogP contribution in [0.2, 0.25) is 0 Å². The van der Waals surface area contributed by atoms with Crippen molar-refractivity contribution in [3.05, 3.63) is 63.7 Å². The number of ether oxygens (including phenoxy) is 1. The summed E-state index contributed by atoms with van der Waals surface area (Å²) in [5.41, 5.74) is 2.79. The maximum Gasteiger partial charge on any atom is 0.273 e. The van der Waals surface area contributed by atoms with Crippen molar-refractivity contribution in [1.29, 1.82) is 0 Å². The summed E-state index contributed by atoms with van der Waals surface area (Å²) < 4.78 is 5.83. The summed E-state index contributed by atoms with van der Waals surface area (Å²) >= 11 is 0. The van der Waals surface area contributed by atoms with E-state index < -0.39 is 11.0 Å². The van der Waals surface area contributed by atoms with E-state index in [9.17, 15) is 14.9 Å². The Morgan fingerprint density at radius 3 is 2.32 bits per heavy atom. The molecule has 2 aromatic rings. The number of hydrogen-bond acceptors (Lipinski definition) is 4. The van der Waals surface area contributed by atoms with E-state index in [0.29, 0.717) is 18.0 Å². The largest absolute Gasteiger partial charge is 0.478 e. The minimum Gasteiger partial charge on any atom is -0.478 e. The van der Waals surface area contributed by atoms with Crippen LogP contribution in [-0.4, -0.2) is 16.9 Å². The number of nitro groups is 1. The highest BCUT2D eigenvalue weighted by atomic mass is 16.6. The number of nitrogens with zero attached hydrogens (tertiary/aromatic N) is 2. The number of hydrogen-bond donors (Lipinski definition) is 0. The van der Waals surface area contributed by atoms with Crippen molar-refractivity contribution < 1.29 is 14.5 Å². The van der Waals surface area contributed by atoms with E-state index in [1.165, 1.54) is 17.7 Å². The molecule has 0 N–H and O–H groups in total. The topological polar surface area (TPSA) is 72.7 Å². The van der Waals surface area contributed by atoms with E-state index in [1.54, 1.807) is 11.0 Å². The third-order valence-corrected chi connectivity index (χ3v) is 4.97. The van der Waals surface area contributed by atoms with Gasteiger partial charge >= 0.3 is 0 Å². The number of carbonyl (C=O) groups is 1. The third-order valence-electron chi connectivity index (χ3n) is 4.97. The molecule has 1 aliphatic heterocycles. The average molecular weight is 382 g/mol. The van der Waals surface area contributed by atoms with Crippen LogP contribution in [0.3, 0.4) is 0 Å². The van der Waals surface area contributed by atoms with Crippen LogP contribution in [0, 0.1) is 16.0 Å². The molecule has 1 amide bonds. The molecule has 6 nitrogen and oxygen atoms in total. The minimum atomic E-state index is -0.664. The lowest BCUT2D eigenvalue weighted by Crippen LogP contribution is -2.48. The van der Waals surface area contributed by atoms with Gasteiger partial charge in [0.15, 0.2) is 11.9 Å². The van der Waals surface area contributed by atoms with Crippen LogP contribution in [0.5, 0.6) is 5.75 Å². The van der Waals surface area contributed by atoms with Crippen LogP contribution < -0.4 is 9.64 Å². The second-order valence-electron chi connectivity index (χ2n) is 8.56. The Kier molecular flexibility index (Phi) is 5.15. The fourth-order valence-electron chi connectivity index (χ4n) is 3.27. The molecular weight excluding hydrogens is 356 g/mol. The lowest BCUT2D eigenvalue weighted by atomic mass is 9.86. The van der Waals surface area contributed by atoms with Gasteiger partial charge < -0.3 is 9.64 Å². The molecule has 0 spiro atoms. The van der Waals surface area contributed by atoms with Crippen molar-refractivity contribution in [2.45, 2.75) is 52.7 Å². The van der Waals surface area contributed by atoms with E-state index in [1.807, 2.05) is 26.0 Å². The number of amides is 1. The molecule has 1 aliphatic rings. The van der Waals surface area contributed by atoms with Crippen molar-refractivity contribution in [2.24, 2.45) is 5.92 Å². The Balaban J connectivity index is 1.97. The lowest BCUT2D eigenvalue weighted by Gasteiger charge is -2.36. The van der Waals surface area contributed by atoms with Crippen LogP contribution in [0.25, 0.3) is 0 Å². The van der Waals surface area contributed by atoms with Crippen LogP contribution in [0.15, 0.2) is 42.5 Å². The molecule has 6 heteroatoms. The average Bonchev–Trinajstić information content (AvgIpc) is 2.62.